The van der Waals surface area contributed by atoms with Gasteiger partial charge in [0.15, 0.2) is 0 Å². The summed E-state index contributed by atoms with van der Waals surface area (Å²) in [6, 6.07) is 11.0. The molecule has 1 aromatic carbocycles. The molecule has 27 heavy (non-hydrogen) atoms. The van der Waals surface area contributed by atoms with Gasteiger partial charge in [-0.05, 0) is 68.8 Å². The molecule has 0 spiro atoms. The van der Waals surface area contributed by atoms with E-state index in [2.05, 4.69) is 40.5 Å². The molecule has 5 aliphatic rings. The minimum atomic E-state index is -0.156. The molecule has 4 aliphatic carbocycles. The van der Waals surface area contributed by atoms with Gasteiger partial charge in [-0.1, -0.05) is 30.3 Å². The summed E-state index contributed by atoms with van der Waals surface area (Å²) in [7, 11) is 0. The van der Waals surface area contributed by atoms with Crippen molar-refractivity contribution in [2.45, 2.75) is 62.9 Å². The van der Waals surface area contributed by atoms with E-state index in [0.717, 1.165) is 64.6 Å². The molecule has 0 aromatic heterocycles. The lowest BCUT2D eigenvalue weighted by Gasteiger charge is -2.60. The predicted octanol–water partition coefficient (Wildman–Crippen LogP) is 2.72. The first-order chi connectivity index (χ1) is 13.0. The zero-order valence-corrected chi connectivity index (χ0v) is 16.3. The Morgan fingerprint density at radius 1 is 1.15 bits per heavy atom. The van der Waals surface area contributed by atoms with E-state index in [9.17, 15) is 4.79 Å². The molecule has 1 aromatic rings. The summed E-state index contributed by atoms with van der Waals surface area (Å²) in [6.45, 7) is 3.17. The molecule has 4 saturated carbocycles. The third-order valence-electron chi connectivity index (χ3n) is 7.76. The first-order valence-corrected chi connectivity index (χ1v) is 10.9. The highest BCUT2D eigenvalue weighted by atomic mass is 16.2. The summed E-state index contributed by atoms with van der Waals surface area (Å²) >= 11 is 0. The second-order valence-corrected chi connectivity index (χ2v) is 10.1. The maximum atomic E-state index is 13.3. The fraction of sp³-hybridized carbons (Fsp3) is 0.696. The highest BCUT2D eigenvalue weighted by Crippen LogP contribution is 2.60. The number of nitrogens with one attached hydrogen (secondary N) is 1. The van der Waals surface area contributed by atoms with Crippen molar-refractivity contribution < 1.29 is 4.79 Å². The molecule has 146 valence electrons. The number of likely N-dealkylation sites (tertiary alicyclic amines) is 1. The van der Waals surface area contributed by atoms with Crippen molar-refractivity contribution in [2.75, 3.05) is 19.6 Å². The van der Waals surface area contributed by atoms with Gasteiger partial charge in [-0.2, -0.15) is 0 Å². The van der Waals surface area contributed by atoms with Crippen molar-refractivity contribution in [2.24, 2.45) is 23.0 Å². The Kier molecular flexibility index (Phi) is 4.32. The molecular formula is C23H33N3O. The summed E-state index contributed by atoms with van der Waals surface area (Å²) < 4.78 is 0. The van der Waals surface area contributed by atoms with E-state index in [-0.39, 0.29) is 11.0 Å². The van der Waals surface area contributed by atoms with Gasteiger partial charge >= 0.3 is 0 Å². The van der Waals surface area contributed by atoms with E-state index in [1.807, 2.05) is 0 Å². The minimum Gasteiger partial charge on any atom is -0.352 e. The monoisotopic (exact) mass is 367 g/mol. The lowest BCUT2D eigenvalue weighted by atomic mass is 9.47. The highest BCUT2D eigenvalue weighted by Gasteiger charge is 2.59. The van der Waals surface area contributed by atoms with Crippen molar-refractivity contribution in [1.82, 2.24) is 10.2 Å². The Balaban J connectivity index is 1.16. The second-order valence-electron chi connectivity index (χ2n) is 10.1. The molecule has 1 heterocycles. The third kappa shape index (κ3) is 3.42. The number of hydrogen-bond acceptors (Lipinski definition) is 3. The molecule has 5 fully saturated rings. The minimum absolute atomic E-state index is 0.0567. The highest BCUT2D eigenvalue weighted by molar-refractivity contribution is 5.83. The quantitative estimate of drug-likeness (QED) is 0.841. The Morgan fingerprint density at radius 2 is 1.89 bits per heavy atom. The van der Waals surface area contributed by atoms with Crippen molar-refractivity contribution in [3.63, 3.8) is 0 Å². The SMILES string of the molecule is NC12CC3C[C@H](C1)CC(C(=O)NC1CCN(CCc4ccccc4)C1)(C3)C2. The molecule has 4 heteroatoms. The van der Waals surface area contributed by atoms with Crippen LogP contribution < -0.4 is 11.1 Å². The van der Waals surface area contributed by atoms with Crippen molar-refractivity contribution in [3.05, 3.63) is 35.9 Å². The van der Waals surface area contributed by atoms with Gasteiger partial charge in [-0.15, -0.1) is 0 Å². The zero-order chi connectivity index (χ0) is 18.5. The molecule has 5 atom stereocenters. The van der Waals surface area contributed by atoms with Crippen LogP contribution in [-0.2, 0) is 11.2 Å². The second kappa shape index (κ2) is 6.59. The van der Waals surface area contributed by atoms with Crippen LogP contribution >= 0.6 is 0 Å². The van der Waals surface area contributed by atoms with Crippen LogP contribution in [0.15, 0.2) is 30.3 Å². The van der Waals surface area contributed by atoms with Crippen LogP contribution in [0.3, 0.4) is 0 Å². The van der Waals surface area contributed by atoms with E-state index in [1.165, 1.54) is 12.0 Å². The lowest BCUT2D eigenvalue weighted by Crippen LogP contribution is -2.64. The van der Waals surface area contributed by atoms with E-state index in [4.69, 9.17) is 5.73 Å². The van der Waals surface area contributed by atoms with Crippen LogP contribution in [-0.4, -0.2) is 42.0 Å². The summed E-state index contributed by atoms with van der Waals surface area (Å²) in [5.41, 5.74) is 7.86. The normalized spacial score (nSPS) is 40.4. The molecule has 4 unspecified atom stereocenters. The lowest BCUT2D eigenvalue weighted by molar-refractivity contribution is -0.148. The van der Waals surface area contributed by atoms with Crippen molar-refractivity contribution in [3.8, 4) is 0 Å². The smallest absolute Gasteiger partial charge is 0.226 e. The van der Waals surface area contributed by atoms with Crippen molar-refractivity contribution in [1.29, 1.82) is 0 Å². The van der Waals surface area contributed by atoms with E-state index >= 15 is 0 Å². The molecule has 6 rings (SSSR count). The van der Waals surface area contributed by atoms with Gasteiger partial charge in [-0.3, -0.25) is 4.79 Å². The molecule has 0 radical (unpaired) electrons. The Hall–Kier alpha value is -1.39. The number of benzene rings is 1. The summed E-state index contributed by atoms with van der Waals surface area (Å²) in [6.07, 6.45) is 8.86. The van der Waals surface area contributed by atoms with Gasteiger partial charge < -0.3 is 16.0 Å². The average Bonchev–Trinajstić information content (AvgIpc) is 3.06. The zero-order valence-electron chi connectivity index (χ0n) is 16.3. The maximum Gasteiger partial charge on any atom is 0.226 e. The first kappa shape index (κ1) is 17.7. The number of rotatable bonds is 5. The van der Waals surface area contributed by atoms with Crippen molar-refractivity contribution >= 4 is 5.91 Å². The standard InChI is InChI=1S/C23H33N3O/c24-23-13-18-10-19(14-23)12-22(11-18,16-23)21(27)25-20-7-9-26(15-20)8-6-17-4-2-1-3-5-17/h1-5,18-20H,6-16,24H2,(H,25,27)/t18-,19?,20?,22?,23?/m0/s1. The van der Waals surface area contributed by atoms with Crippen LogP contribution in [0.1, 0.15) is 50.5 Å². The number of nitrogens with two attached hydrogens (primary N) is 1. The number of hydrogen-bond donors (Lipinski definition) is 2. The first-order valence-electron chi connectivity index (χ1n) is 10.9. The summed E-state index contributed by atoms with van der Waals surface area (Å²) in [4.78, 5) is 15.8. The number of amides is 1. The predicted molar refractivity (Wildman–Crippen MR) is 107 cm³/mol. The maximum absolute atomic E-state index is 13.3. The summed E-state index contributed by atoms with van der Waals surface area (Å²) in [5.74, 6) is 1.70. The fourth-order valence-electron chi connectivity index (χ4n) is 7.02. The molecule has 4 bridgehead atoms. The Morgan fingerprint density at radius 3 is 2.59 bits per heavy atom. The average molecular weight is 368 g/mol. The van der Waals surface area contributed by atoms with E-state index < -0.39 is 0 Å². The topological polar surface area (TPSA) is 58.4 Å². The fourth-order valence-corrected chi connectivity index (χ4v) is 7.02. The molecular weight excluding hydrogens is 334 g/mol. The largest absolute Gasteiger partial charge is 0.352 e. The number of carbonyl (C=O) groups is 1. The van der Waals surface area contributed by atoms with Crippen LogP contribution in [0.2, 0.25) is 0 Å². The van der Waals surface area contributed by atoms with Gasteiger partial charge in [0.2, 0.25) is 5.91 Å². The van der Waals surface area contributed by atoms with Crippen LogP contribution in [0.25, 0.3) is 0 Å². The van der Waals surface area contributed by atoms with Gasteiger partial charge in [0.1, 0.15) is 0 Å². The van der Waals surface area contributed by atoms with Crippen LogP contribution in [0.5, 0.6) is 0 Å². The Labute approximate surface area is 162 Å². The molecule has 1 saturated heterocycles. The Bertz CT molecular complexity index is 689. The third-order valence-corrected chi connectivity index (χ3v) is 7.76. The van der Waals surface area contributed by atoms with E-state index in [1.54, 1.807) is 0 Å². The molecule has 1 amide bonds. The van der Waals surface area contributed by atoms with Crippen LogP contribution in [0.4, 0.5) is 0 Å². The van der Waals surface area contributed by atoms with Gasteiger partial charge in [0, 0.05) is 31.2 Å². The van der Waals surface area contributed by atoms with Gasteiger partial charge in [0.25, 0.3) is 0 Å². The molecule has 1 aliphatic heterocycles. The van der Waals surface area contributed by atoms with Crippen LogP contribution in [0, 0.1) is 17.3 Å². The van der Waals surface area contributed by atoms with Gasteiger partial charge in [0.05, 0.1) is 5.41 Å². The summed E-state index contributed by atoms with van der Waals surface area (Å²) in [5, 5.41) is 3.45. The number of nitrogens with zero attached hydrogens (tertiary/aromatic N) is 1. The van der Waals surface area contributed by atoms with E-state index in [0.29, 0.717) is 23.8 Å². The molecule has 4 nitrogen and oxygen atoms in total. The number of carbonyl (C=O) groups excluding carboxylic acids is 1. The van der Waals surface area contributed by atoms with Gasteiger partial charge in [-0.25, -0.2) is 0 Å². The molecule has 3 N–H and O–H groups in total.